The van der Waals surface area contributed by atoms with E-state index in [0.717, 1.165) is 56.6 Å². The van der Waals surface area contributed by atoms with Crippen molar-refractivity contribution < 1.29 is 9.21 Å². The van der Waals surface area contributed by atoms with E-state index in [1.807, 2.05) is 0 Å². The van der Waals surface area contributed by atoms with Crippen LogP contribution in [0.5, 0.6) is 0 Å². The molecule has 2 bridgehead atoms. The predicted octanol–water partition coefficient (Wildman–Crippen LogP) is 1.65. The summed E-state index contributed by atoms with van der Waals surface area (Å²) < 4.78 is 5.44. The third-order valence-electron chi connectivity index (χ3n) is 6.41. The van der Waals surface area contributed by atoms with Crippen LogP contribution < -0.4 is 11.1 Å². The first-order valence-corrected chi connectivity index (χ1v) is 10.3. The van der Waals surface area contributed by atoms with Crippen LogP contribution in [-0.2, 0) is 6.54 Å². The van der Waals surface area contributed by atoms with Gasteiger partial charge in [-0.05, 0) is 50.2 Å². The van der Waals surface area contributed by atoms with Gasteiger partial charge in [0, 0.05) is 38.8 Å². The molecule has 1 saturated heterocycles. The van der Waals surface area contributed by atoms with Crippen molar-refractivity contribution in [3.8, 4) is 0 Å². The highest BCUT2D eigenvalue weighted by Gasteiger charge is 2.42. The number of nitrogens with zero attached hydrogens (tertiary/aromatic N) is 3. The Morgan fingerprint density at radius 3 is 2.67 bits per heavy atom. The van der Waals surface area contributed by atoms with Gasteiger partial charge in [0.05, 0.1) is 0 Å². The number of fused-ring (bicyclic) bond motifs is 2. The van der Waals surface area contributed by atoms with E-state index in [9.17, 15) is 4.79 Å². The third-order valence-corrected chi connectivity index (χ3v) is 6.41. The van der Waals surface area contributed by atoms with Gasteiger partial charge < -0.3 is 20.4 Å². The number of aliphatic imine (C=N–C) groups is 1. The molecule has 3 N–H and O–H groups in total. The first-order chi connectivity index (χ1) is 13.1. The second-order valence-corrected chi connectivity index (χ2v) is 8.07. The van der Waals surface area contributed by atoms with Gasteiger partial charge in [-0.2, -0.15) is 0 Å². The fourth-order valence-corrected chi connectivity index (χ4v) is 5.10. The number of primary amides is 1. The molecule has 1 aromatic heterocycles. The van der Waals surface area contributed by atoms with Gasteiger partial charge in [0.2, 0.25) is 0 Å². The minimum atomic E-state index is -0.547. The summed E-state index contributed by atoms with van der Waals surface area (Å²) in [7, 11) is 0. The second-order valence-electron chi connectivity index (χ2n) is 8.07. The van der Waals surface area contributed by atoms with Crippen LogP contribution in [0.2, 0.25) is 0 Å². The van der Waals surface area contributed by atoms with Crippen molar-refractivity contribution in [3.05, 3.63) is 23.7 Å². The van der Waals surface area contributed by atoms with Crippen molar-refractivity contribution in [2.24, 2.45) is 22.6 Å². The Kier molecular flexibility index (Phi) is 5.38. The number of carbonyl (C=O) groups excluding carboxylic acids is 1. The second kappa shape index (κ2) is 7.92. The first-order valence-electron chi connectivity index (χ1n) is 10.3. The minimum absolute atomic E-state index is 0.185. The Hall–Kier alpha value is -2.02. The summed E-state index contributed by atoms with van der Waals surface area (Å²) in [5.74, 6) is 3.15. The summed E-state index contributed by atoms with van der Waals surface area (Å²) in [6, 6.07) is 4.19. The zero-order valence-electron chi connectivity index (χ0n) is 16.2. The molecule has 7 heteroatoms. The number of hydrogen-bond acceptors (Lipinski definition) is 4. The molecule has 2 aliphatic carbocycles. The van der Waals surface area contributed by atoms with E-state index in [2.05, 4.69) is 22.0 Å². The van der Waals surface area contributed by atoms with Crippen molar-refractivity contribution in [1.82, 2.24) is 15.1 Å². The van der Waals surface area contributed by atoms with Crippen molar-refractivity contribution in [2.45, 2.75) is 45.2 Å². The van der Waals surface area contributed by atoms with E-state index in [1.165, 1.54) is 25.7 Å². The summed E-state index contributed by atoms with van der Waals surface area (Å²) >= 11 is 0. The lowest BCUT2D eigenvalue weighted by molar-refractivity contribution is 0.0957. The lowest BCUT2D eigenvalue weighted by Gasteiger charge is -2.42. The Morgan fingerprint density at radius 2 is 2.07 bits per heavy atom. The molecule has 0 radical (unpaired) electrons. The van der Waals surface area contributed by atoms with E-state index >= 15 is 0 Å². The van der Waals surface area contributed by atoms with Crippen molar-refractivity contribution in [2.75, 3.05) is 32.7 Å². The Balaban J connectivity index is 1.34. The number of piperazine rings is 1. The highest BCUT2D eigenvalue weighted by atomic mass is 16.3. The van der Waals surface area contributed by atoms with Gasteiger partial charge in [0.15, 0.2) is 11.7 Å². The van der Waals surface area contributed by atoms with E-state index in [0.29, 0.717) is 12.3 Å². The summed E-state index contributed by atoms with van der Waals surface area (Å²) in [5.41, 5.74) is 5.24. The number of hydrogen-bond donors (Lipinski definition) is 2. The van der Waals surface area contributed by atoms with Gasteiger partial charge >= 0.3 is 0 Å². The van der Waals surface area contributed by atoms with Gasteiger partial charge in [0.1, 0.15) is 12.3 Å². The average Bonchev–Trinajstić information content (AvgIpc) is 3.42. The van der Waals surface area contributed by atoms with Crippen LogP contribution >= 0.6 is 0 Å². The van der Waals surface area contributed by atoms with Gasteiger partial charge in [-0.3, -0.25) is 9.69 Å². The number of guanidine groups is 1. The maximum absolute atomic E-state index is 11.2. The number of nitrogens with one attached hydrogen (secondary N) is 1. The molecule has 0 spiro atoms. The zero-order chi connectivity index (χ0) is 18.8. The van der Waals surface area contributed by atoms with Crippen LogP contribution in [0.25, 0.3) is 0 Å². The van der Waals surface area contributed by atoms with Crippen LogP contribution in [0.15, 0.2) is 21.5 Å². The van der Waals surface area contributed by atoms with Crippen LogP contribution in [0.3, 0.4) is 0 Å². The minimum Gasteiger partial charge on any atom is -0.454 e. The first kappa shape index (κ1) is 18.3. The fraction of sp³-hybridized carbons (Fsp3) is 0.700. The largest absolute Gasteiger partial charge is 0.454 e. The third kappa shape index (κ3) is 3.98. The Bertz CT molecular complexity index is 692. The SMILES string of the molecule is CCNC(=NCc1ccc(C(N)=O)o1)N1CCN(C2CC3CCC2C3)CC1. The molecular formula is C20H31N5O2. The van der Waals surface area contributed by atoms with Gasteiger partial charge in [0.25, 0.3) is 5.91 Å². The molecule has 0 aromatic carbocycles. The van der Waals surface area contributed by atoms with E-state index in [1.54, 1.807) is 12.1 Å². The van der Waals surface area contributed by atoms with E-state index < -0.39 is 5.91 Å². The molecule has 148 valence electrons. The summed E-state index contributed by atoms with van der Waals surface area (Å²) in [5, 5.41) is 3.39. The normalized spacial score (nSPS) is 28.7. The Morgan fingerprint density at radius 1 is 1.26 bits per heavy atom. The monoisotopic (exact) mass is 373 g/mol. The Labute approximate surface area is 161 Å². The summed E-state index contributed by atoms with van der Waals surface area (Å²) in [4.78, 5) is 20.9. The van der Waals surface area contributed by atoms with Crippen LogP contribution in [0, 0.1) is 11.8 Å². The molecular weight excluding hydrogens is 342 g/mol. The van der Waals surface area contributed by atoms with Gasteiger partial charge in [-0.25, -0.2) is 4.99 Å². The van der Waals surface area contributed by atoms with Crippen LogP contribution in [0.1, 0.15) is 48.9 Å². The number of carbonyl (C=O) groups is 1. The predicted molar refractivity (Wildman–Crippen MR) is 104 cm³/mol. The fourth-order valence-electron chi connectivity index (χ4n) is 5.10. The highest BCUT2D eigenvalue weighted by molar-refractivity contribution is 5.89. The number of furan rings is 1. The number of nitrogens with two attached hydrogens (primary N) is 1. The lowest BCUT2D eigenvalue weighted by Crippen LogP contribution is -2.55. The molecule has 3 unspecified atom stereocenters. The zero-order valence-corrected chi connectivity index (χ0v) is 16.2. The molecule has 7 nitrogen and oxygen atoms in total. The van der Waals surface area contributed by atoms with Gasteiger partial charge in [-0.1, -0.05) is 6.42 Å². The highest BCUT2D eigenvalue weighted by Crippen LogP contribution is 2.46. The molecule has 2 heterocycles. The molecule has 1 aliphatic heterocycles. The number of amides is 1. The molecule has 1 aromatic rings. The standard InChI is InChI=1S/C20H31N5O2/c1-2-22-20(23-13-16-5-6-18(27-16)19(21)26)25-9-7-24(8-10-25)17-12-14-3-4-15(17)11-14/h5-6,14-15,17H,2-4,7-13H2,1H3,(H2,21,26)(H,22,23). The van der Waals surface area contributed by atoms with Crippen molar-refractivity contribution >= 4 is 11.9 Å². The summed E-state index contributed by atoms with van der Waals surface area (Å²) in [6.45, 7) is 7.56. The molecule has 3 atom stereocenters. The van der Waals surface area contributed by atoms with Gasteiger partial charge in [-0.15, -0.1) is 0 Å². The van der Waals surface area contributed by atoms with Crippen molar-refractivity contribution in [3.63, 3.8) is 0 Å². The molecule has 27 heavy (non-hydrogen) atoms. The lowest BCUT2D eigenvalue weighted by atomic mass is 9.93. The quantitative estimate of drug-likeness (QED) is 0.605. The smallest absolute Gasteiger partial charge is 0.284 e. The van der Waals surface area contributed by atoms with Crippen molar-refractivity contribution in [1.29, 1.82) is 0 Å². The average molecular weight is 374 g/mol. The van der Waals surface area contributed by atoms with Crippen LogP contribution in [0.4, 0.5) is 0 Å². The molecule has 4 rings (SSSR count). The molecule has 3 aliphatic rings. The maximum Gasteiger partial charge on any atom is 0.284 e. The number of rotatable bonds is 5. The maximum atomic E-state index is 11.2. The summed E-state index contributed by atoms with van der Waals surface area (Å²) in [6.07, 6.45) is 5.78. The molecule has 2 saturated carbocycles. The topological polar surface area (TPSA) is 87.1 Å². The van der Waals surface area contributed by atoms with E-state index in [-0.39, 0.29) is 5.76 Å². The molecule has 1 amide bonds. The van der Waals surface area contributed by atoms with E-state index in [4.69, 9.17) is 15.1 Å². The van der Waals surface area contributed by atoms with Crippen LogP contribution in [-0.4, -0.2) is 60.4 Å². The molecule has 3 fully saturated rings.